The van der Waals surface area contributed by atoms with E-state index in [0.717, 1.165) is 17.8 Å². The summed E-state index contributed by atoms with van der Waals surface area (Å²) in [6.07, 6.45) is 1.90. The number of alkyl halides is 1. The molecule has 1 rings (SSSR count). The van der Waals surface area contributed by atoms with Crippen LogP contribution in [0.1, 0.15) is 35.3 Å². The summed E-state index contributed by atoms with van der Waals surface area (Å²) in [5.41, 5.74) is 0.363. The molecule has 1 aromatic rings. The van der Waals surface area contributed by atoms with Crippen LogP contribution < -0.4 is 0 Å². The molecule has 1 aromatic heterocycles. The van der Waals surface area contributed by atoms with Crippen LogP contribution in [-0.2, 0) is 10.6 Å². The highest BCUT2D eigenvalue weighted by Gasteiger charge is 2.10. The molecule has 0 aliphatic rings. The molecule has 0 N–H and O–H groups in total. The quantitative estimate of drug-likeness (QED) is 0.446. The van der Waals surface area contributed by atoms with Crippen molar-refractivity contribution in [3.63, 3.8) is 0 Å². The standard InChI is InChI=1S/C9H12ClNO2S/c1-2-3-4-13-9(12)7-6-14-8(5-10)11-7/h6H,2-5H2,1H3. The van der Waals surface area contributed by atoms with Gasteiger partial charge in [-0.05, 0) is 6.42 Å². The molecule has 0 amide bonds. The van der Waals surface area contributed by atoms with Crippen molar-refractivity contribution >= 4 is 28.9 Å². The van der Waals surface area contributed by atoms with E-state index in [1.54, 1.807) is 5.38 Å². The molecule has 5 heteroatoms. The summed E-state index contributed by atoms with van der Waals surface area (Å²) in [5.74, 6) is -0.0153. The van der Waals surface area contributed by atoms with Gasteiger partial charge in [0.25, 0.3) is 0 Å². The van der Waals surface area contributed by atoms with Crippen LogP contribution in [0.15, 0.2) is 5.38 Å². The van der Waals surface area contributed by atoms with E-state index in [-0.39, 0.29) is 5.97 Å². The smallest absolute Gasteiger partial charge is 0.357 e. The maximum Gasteiger partial charge on any atom is 0.357 e. The van der Waals surface area contributed by atoms with Gasteiger partial charge in [0.1, 0.15) is 5.01 Å². The SMILES string of the molecule is CCCCOC(=O)c1csc(CCl)n1. The highest BCUT2D eigenvalue weighted by Crippen LogP contribution is 2.12. The number of nitrogens with zero attached hydrogens (tertiary/aromatic N) is 1. The molecule has 3 nitrogen and oxygen atoms in total. The highest BCUT2D eigenvalue weighted by atomic mass is 35.5. The average molecular weight is 234 g/mol. The summed E-state index contributed by atoms with van der Waals surface area (Å²) in [7, 11) is 0. The zero-order valence-corrected chi connectivity index (χ0v) is 9.53. The molecular weight excluding hydrogens is 222 g/mol. The van der Waals surface area contributed by atoms with Gasteiger partial charge in [-0.25, -0.2) is 9.78 Å². The first-order valence-corrected chi connectivity index (χ1v) is 5.86. The van der Waals surface area contributed by atoms with Crippen molar-refractivity contribution in [1.29, 1.82) is 0 Å². The van der Waals surface area contributed by atoms with Crippen LogP contribution in [0.25, 0.3) is 0 Å². The fraction of sp³-hybridized carbons (Fsp3) is 0.556. The monoisotopic (exact) mass is 233 g/mol. The van der Waals surface area contributed by atoms with Crippen LogP contribution in [0.5, 0.6) is 0 Å². The van der Waals surface area contributed by atoms with Crippen molar-refractivity contribution < 1.29 is 9.53 Å². The van der Waals surface area contributed by atoms with E-state index in [2.05, 4.69) is 4.98 Å². The number of hydrogen-bond donors (Lipinski definition) is 0. The first-order chi connectivity index (χ1) is 6.77. The first kappa shape index (κ1) is 11.5. The molecule has 0 saturated carbocycles. The number of rotatable bonds is 5. The average Bonchev–Trinajstić information content (AvgIpc) is 2.66. The fourth-order valence-electron chi connectivity index (χ4n) is 0.849. The van der Waals surface area contributed by atoms with Gasteiger partial charge in [-0.1, -0.05) is 13.3 Å². The molecule has 0 atom stereocenters. The van der Waals surface area contributed by atoms with Crippen molar-refractivity contribution in [3.05, 3.63) is 16.1 Å². The number of carbonyl (C=O) groups is 1. The predicted octanol–water partition coefficient (Wildman–Crippen LogP) is 2.84. The molecular formula is C9H12ClNO2S. The Labute approximate surface area is 92.1 Å². The van der Waals surface area contributed by atoms with Gasteiger partial charge >= 0.3 is 5.97 Å². The lowest BCUT2D eigenvalue weighted by Gasteiger charge is -1.99. The van der Waals surface area contributed by atoms with E-state index in [0.29, 0.717) is 18.2 Å². The summed E-state index contributed by atoms with van der Waals surface area (Å²) < 4.78 is 4.99. The summed E-state index contributed by atoms with van der Waals surface area (Å²) >= 11 is 6.94. The minimum absolute atomic E-state index is 0.340. The molecule has 78 valence electrons. The Kier molecular flexibility index (Phi) is 4.90. The van der Waals surface area contributed by atoms with Crippen molar-refractivity contribution in [2.45, 2.75) is 25.6 Å². The van der Waals surface area contributed by atoms with Crippen LogP contribution >= 0.6 is 22.9 Å². The molecule has 0 saturated heterocycles. The summed E-state index contributed by atoms with van der Waals surface area (Å²) in [4.78, 5) is 15.3. The van der Waals surface area contributed by atoms with Gasteiger partial charge in [0, 0.05) is 5.38 Å². The highest BCUT2D eigenvalue weighted by molar-refractivity contribution is 7.10. The van der Waals surface area contributed by atoms with Gasteiger partial charge in [0.15, 0.2) is 5.69 Å². The Bertz CT molecular complexity index is 301. The number of halogens is 1. The van der Waals surface area contributed by atoms with Crippen molar-refractivity contribution in [3.8, 4) is 0 Å². The third-order valence-corrected chi connectivity index (χ3v) is 2.87. The van der Waals surface area contributed by atoms with Gasteiger partial charge in [0.05, 0.1) is 12.5 Å². The van der Waals surface area contributed by atoms with Crippen LogP contribution in [0.2, 0.25) is 0 Å². The van der Waals surface area contributed by atoms with E-state index in [9.17, 15) is 4.79 Å². The zero-order chi connectivity index (χ0) is 10.4. The number of aromatic nitrogens is 1. The number of ether oxygens (including phenoxy) is 1. The maximum absolute atomic E-state index is 11.3. The Balaban J connectivity index is 2.44. The molecule has 0 aliphatic heterocycles. The lowest BCUT2D eigenvalue weighted by Crippen LogP contribution is -2.06. The molecule has 0 radical (unpaired) electrons. The van der Waals surface area contributed by atoms with Crippen LogP contribution in [0, 0.1) is 0 Å². The van der Waals surface area contributed by atoms with E-state index in [1.165, 1.54) is 11.3 Å². The maximum atomic E-state index is 11.3. The number of esters is 1. The van der Waals surface area contributed by atoms with Crippen LogP contribution in [0.4, 0.5) is 0 Å². The van der Waals surface area contributed by atoms with E-state index in [4.69, 9.17) is 16.3 Å². The minimum Gasteiger partial charge on any atom is -0.461 e. The van der Waals surface area contributed by atoms with Gasteiger partial charge < -0.3 is 4.74 Å². The second kappa shape index (κ2) is 5.98. The van der Waals surface area contributed by atoms with Crippen molar-refractivity contribution in [1.82, 2.24) is 4.98 Å². The molecule has 0 spiro atoms. The van der Waals surface area contributed by atoms with Gasteiger partial charge in [-0.2, -0.15) is 0 Å². The Morgan fingerprint density at radius 3 is 3.07 bits per heavy atom. The summed E-state index contributed by atoms with van der Waals surface area (Å²) in [6, 6.07) is 0. The number of hydrogen-bond acceptors (Lipinski definition) is 4. The van der Waals surface area contributed by atoms with Crippen LogP contribution in [0.3, 0.4) is 0 Å². The second-order valence-corrected chi connectivity index (χ2v) is 3.96. The largest absolute Gasteiger partial charge is 0.461 e. The fourth-order valence-corrected chi connectivity index (χ4v) is 1.71. The molecule has 14 heavy (non-hydrogen) atoms. The predicted molar refractivity (Wildman–Crippen MR) is 56.9 cm³/mol. The molecule has 1 heterocycles. The van der Waals surface area contributed by atoms with Gasteiger partial charge in [-0.15, -0.1) is 22.9 Å². The number of unbranched alkanes of at least 4 members (excludes halogenated alkanes) is 1. The lowest BCUT2D eigenvalue weighted by molar-refractivity contribution is 0.0493. The Morgan fingerprint density at radius 2 is 2.50 bits per heavy atom. The zero-order valence-electron chi connectivity index (χ0n) is 7.96. The van der Waals surface area contributed by atoms with Crippen LogP contribution in [-0.4, -0.2) is 17.6 Å². The molecule has 0 aliphatic carbocycles. The molecule has 0 unspecified atom stereocenters. The molecule has 0 bridgehead atoms. The summed E-state index contributed by atoms with van der Waals surface area (Å²) in [6.45, 7) is 2.51. The van der Waals surface area contributed by atoms with Gasteiger partial charge in [0.2, 0.25) is 0 Å². The van der Waals surface area contributed by atoms with E-state index < -0.39 is 0 Å². The second-order valence-electron chi connectivity index (χ2n) is 2.75. The van der Waals surface area contributed by atoms with Crippen molar-refractivity contribution in [2.24, 2.45) is 0 Å². The minimum atomic E-state index is -0.355. The number of thiazole rings is 1. The molecule has 0 aromatic carbocycles. The first-order valence-electron chi connectivity index (χ1n) is 4.45. The normalized spacial score (nSPS) is 10.1. The number of carbonyl (C=O) groups excluding carboxylic acids is 1. The Hall–Kier alpha value is -0.610. The van der Waals surface area contributed by atoms with Gasteiger partial charge in [-0.3, -0.25) is 0 Å². The third-order valence-electron chi connectivity index (χ3n) is 1.61. The Morgan fingerprint density at radius 1 is 1.71 bits per heavy atom. The topological polar surface area (TPSA) is 39.2 Å². The lowest BCUT2D eigenvalue weighted by atomic mass is 10.4. The summed E-state index contributed by atoms with van der Waals surface area (Å²) in [5, 5.41) is 2.42. The van der Waals surface area contributed by atoms with Crippen molar-refractivity contribution in [2.75, 3.05) is 6.61 Å². The van der Waals surface area contributed by atoms with E-state index >= 15 is 0 Å². The molecule has 0 fully saturated rings. The van der Waals surface area contributed by atoms with E-state index in [1.807, 2.05) is 6.92 Å². The third kappa shape index (κ3) is 3.27.